The van der Waals surface area contributed by atoms with E-state index in [1.165, 1.54) is 19.1 Å². The first kappa shape index (κ1) is 21.6. The van der Waals surface area contributed by atoms with E-state index in [4.69, 9.17) is 0 Å². The van der Waals surface area contributed by atoms with Crippen molar-refractivity contribution >= 4 is 21.6 Å². The Bertz CT molecular complexity index is 1210. The molecule has 0 atom stereocenters. The van der Waals surface area contributed by atoms with E-state index in [-0.39, 0.29) is 17.8 Å². The average molecular weight is 482 g/mol. The molecule has 2 N–H and O–H groups in total. The third-order valence-corrected chi connectivity index (χ3v) is 4.84. The Kier molecular flexibility index (Phi) is 5.97. The van der Waals surface area contributed by atoms with Crippen molar-refractivity contribution in [3.63, 3.8) is 0 Å². The summed E-state index contributed by atoms with van der Waals surface area (Å²) in [4.78, 5) is 30.8. The van der Waals surface area contributed by atoms with Gasteiger partial charge in [0, 0.05) is 4.47 Å². The van der Waals surface area contributed by atoms with Gasteiger partial charge in [0.2, 0.25) is 5.88 Å². The number of hydrogen-bond acceptors (Lipinski definition) is 4. The minimum absolute atomic E-state index is 0.0136. The summed E-state index contributed by atoms with van der Waals surface area (Å²) in [6.45, 7) is 1.45. The zero-order chi connectivity index (χ0) is 22.1. The molecular weight excluding hydrogens is 467 g/mol. The number of H-pyrrole nitrogens is 1. The van der Waals surface area contributed by atoms with Crippen LogP contribution in [0.2, 0.25) is 0 Å². The van der Waals surface area contributed by atoms with Crippen molar-refractivity contribution in [2.24, 2.45) is 4.99 Å². The van der Waals surface area contributed by atoms with Gasteiger partial charge in [-0.1, -0.05) is 28.1 Å². The van der Waals surface area contributed by atoms with Crippen LogP contribution in [0.15, 0.2) is 67.6 Å². The number of aromatic hydroxyl groups is 1. The largest absolute Gasteiger partial charge is 0.493 e. The maximum atomic E-state index is 12.7. The number of alkyl halides is 3. The fourth-order valence-electron chi connectivity index (χ4n) is 2.77. The molecule has 3 rings (SSSR count). The Labute approximate surface area is 176 Å². The van der Waals surface area contributed by atoms with Crippen LogP contribution in [0.3, 0.4) is 0 Å². The smallest absolute Gasteiger partial charge is 0.416 e. The molecule has 3 aromatic rings. The summed E-state index contributed by atoms with van der Waals surface area (Å²) >= 11 is 3.27. The number of hydrogen-bond donors (Lipinski definition) is 2. The van der Waals surface area contributed by atoms with Gasteiger partial charge < -0.3 is 5.11 Å². The number of aromatic nitrogens is 2. The average Bonchev–Trinajstić information content (AvgIpc) is 2.67. The first-order valence-corrected chi connectivity index (χ1v) is 9.39. The zero-order valence-corrected chi connectivity index (χ0v) is 17.1. The van der Waals surface area contributed by atoms with E-state index >= 15 is 0 Å². The Balaban J connectivity index is 1.96. The number of halogens is 4. The van der Waals surface area contributed by atoms with E-state index in [0.29, 0.717) is 11.3 Å². The lowest BCUT2D eigenvalue weighted by atomic mass is 10.1. The molecule has 1 heterocycles. The van der Waals surface area contributed by atoms with Crippen LogP contribution in [-0.4, -0.2) is 20.4 Å². The first-order valence-electron chi connectivity index (χ1n) is 8.59. The van der Waals surface area contributed by atoms with E-state index in [2.05, 4.69) is 25.9 Å². The van der Waals surface area contributed by atoms with Gasteiger partial charge in [0.1, 0.15) is 5.56 Å². The summed E-state index contributed by atoms with van der Waals surface area (Å²) in [5, 5.41) is 10.6. The van der Waals surface area contributed by atoms with Crippen molar-refractivity contribution < 1.29 is 18.3 Å². The molecule has 0 saturated heterocycles. The van der Waals surface area contributed by atoms with Crippen LogP contribution < -0.4 is 11.2 Å². The van der Waals surface area contributed by atoms with Crippen LogP contribution in [0, 0.1) is 0 Å². The second-order valence-electron chi connectivity index (χ2n) is 6.37. The van der Waals surface area contributed by atoms with E-state index in [1.54, 1.807) is 24.3 Å². The predicted octanol–water partition coefficient (Wildman–Crippen LogP) is 4.02. The molecule has 0 saturated carbocycles. The number of nitrogens with zero attached hydrogens (tertiary/aromatic N) is 2. The van der Waals surface area contributed by atoms with Crippen molar-refractivity contribution in [3.05, 3.63) is 90.5 Å². The van der Waals surface area contributed by atoms with Gasteiger partial charge in [-0.2, -0.15) is 13.2 Å². The molecule has 0 bridgehead atoms. The highest BCUT2D eigenvalue weighted by atomic mass is 79.9. The minimum atomic E-state index is -4.43. The molecule has 6 nitrogen and oxygen atoms in total. The second-order valence-corrected chi connectivity index (χ2v) is 7.28. The fourth-order valence-corrected chi connectivity index (χ4v) is 3.03. The molecule has 156 valence electrons. The first-order chi connectivity index (χ1) is 14.1. The minimum Gasteiger partial charge on any atom is -0.493 e. The molecule has 0 fully saturated rings. The Hall–Kier alpha value is -3.14. The van der Waals surface area contributed by atoms with Crippen molar-refractivity contribution in [1.82, 2.24) is 9.55 Å². The van der Waals surface area contributed by atoms with Crippen molar-refractivity contribution in [3.8, 4) is 11.6 Å². The molecule has 0 aliphatic heterocycles. The number of benzene rings is 2. The van der Waals surface area contributed by atoms with Crippen LogP contribution in [0.1, 0.15) is 23.6 Å². The Morgan fingerprint density at radius 1 is 1.10 bits per heavy atom. The Morgan fingerprint density at radius 2 is 1.70 bits per heavy atom. The van der Waals surface area contributed by atoms with Crippen molar-refractivity contribution in [1.29, 1.82) is 0 Å². The second kappa shape index (κ2) is 8.31. The number of rotatable bonds is 4. The number of aromatic amines is 1. The van der Waals surface area contributed by atoms with Crippen molar-refractivity contribution in [2.45, 2.75) is 19.6 Å². The molecule has 0 amide bonds. The number of nitrogens with one attached hydrogen (secondary N) is 1. The van der Waals surface area contributed by atoms with E-state index in [0.717, 1.165) is 21.2 Å². The third-order valence-electron chi connectivity index (χ3n) is 4.31. The van der Waals surface area contributed by atoms with Crippen LogP contribution >= 0.6 is 15.9 Å². The summed E-state index contributed by atoms with van der Waals surface area (Å²) in [5.74, 6) is -0.584. The molecule has 30 heavy (non-hydrogen) atoms. The number of aliphatic imine (C=N–C) groups is 1. The highest BCUT2D eigenvalue weighted by molar-refractivity contribution is 9.10. The van der Waals surface area contributed by atoms with Gasteiger partial charge in [0.15, 0.2) is 0 Å². The highest BCUT2D eigenvalue weighted by Crippen LogP contribution is 2.29. The molecule has 2 aromatic carbocycles. The lowest BCUT2D eigenvalue weighted by molar-refractivity contribution is -0.137. The molecule has 0 radical (unpaired) electrons. The molecular formula is C20H15BrF3N3O3. The standard InChI is InChI=1S/C20H15BrF3N3O3/c1-11(25-10-12-2-4-13(5-3-12)20(22,23)24)16-17(28)26-19(30)27(18(16)29)15-8-6-14(21)7-9-15/h2-9,29H,10H2,1H3,(H,26,28,30). The lowest BCUT2D eigenvalue weighted by Gasteiger charge is -2.11. The summed E-state index contributed by atoms with van der Waals surface area (Å²) in [6.07, 6.45) is -4.43. The van der Waals surface area contributed by atoms with Gasteiger partial charge >= 0.3 is 11.9 Å². The maximum absolute atomic E-state index is 12.7. The van der Waals surface area contributed by atoms with Gasteiger partial charge in [-0.05, 0) is 48.9 Å². The monoisotopic (exact) mass is 481 g/mol. The third kappa shape index (κ3) is 4.54. The van der Waals surface area contributed by atoms with Crippen molar-refractivity contribution in [2.75, 3.05) is 0 Å². The van der Waals surface area contributed by atoms with Crippen LogP contribution in [-0.2, 0) is 12.7 Å². The molecule has 0 aliphatic rings. The summed E-state index contributed by atoms with van der Waals surface area (Å²) in [6, 6.07) is 10.9. The summed E-state index contributed by atoms with van der Waals surface area (Å²) < 4.78 is 39.6. The Morgan fingerprint density at radius 3 is 2.27 bits per heavy atom. The lowest BCUT2D eigenvalue weighted by Crippen LogP contribution is -2.32. The summed E-state index contributed by atoms with van der Waals surface area (Å²) in [5.41, 5.74) is -1.68. The molecule has 1 aromatic heterocycles. The van der Waals surface area contributed by atoms with Gasteiger partial charge in [-0.3, -0.25) is 14.8 Å². The van der Waals surface area contributed by atoms with E-state index in [1.807, 2.05) is 0 Å². The normalized spacial score (nSPS) is 12.2. The van der Waals surface area contributed by atoms with Crippen LogP contribution in [0.5, 0.6) is 5.88 Å². The SMILES string of the molecule is CC(=NCc1ccc(C(F)(F)F)cc1)c1c(O)n(-c2ccc(Br)cc2)c(=O)[nH]c1=O. The van der Waals surface area contributed by atoms with Gasteiger partial charge in [-0.15, -0.1) is 0 Å². The van der Waals surface area contributed by atoms with Gasteiger partial charge in [0.25, 0.3) is 5.56 Å². The molecule has 10 heteroatoms. The van der Waals surface area contributed by atoms with Crippen LogP contribution in [0.25, 0.3) is 5.69 Å². The van der Waals surface area contributed by atoms with Gasteiger partial charge in [0.05, 0.1) is 23.5 Å². The fraction of sp³-hybridized carbons (Fsp3) is 0.150. The van der Waals surface area contributed by atoms with E-state index < -0.39 is 28.9 Å². The summed E-state index contributed by atoms with van der Waals surface area (Å²) in [7, 11) is 0. The molecule has 0 unspecified atom stereocenters. The maximum Gasteiger partial charge on any atom is 0.416 e. The molecule has 0 aliphatic carbocycles. The topological polar surface area (TPSA) is 87.4 Å². The molecule has 0 spiro atoms. The van der Waals surface area contributed by atoms with E-state index in [9.17, 15) is 27.9 Å². The zero-order valence-electron chi connectivity index (χ0n) is 15.5. The van der Waals surface area contributed by atoms with Crippen LogP contribution in [0.4, 0.5) is 13.2 Å². The van der Waals surface area contributed by atoms with Gasteiger partial charge in [-0.25, -0.2) is 9.36 Å². The predicted molar refractivity (Wildman–Crippen MR) is 109 cm³/mol. The quantitative estimate of drug-likeness (QED) is 0.551. The highest BCUT2D eigenvalue weighted by Gasteiger charge is 2.29.